The second kappa shape index (κ2) is 11.1. The minimum atomic E-state index is -1.32. The summed E-state index contributed by atoms with van der Waals surface area (Å²) in [7, 11) is 0. The van der Waals surface area contributed by atoms with Gasteiger partial charge in [0.25, 0.3) is 5.91 Å². The summed E-state index contributed by atoms with van der Waals surface area (Å²) in [6.07, 6.45) is 11.6. The number of cyclic esters (lactones) is 1. The summed E-state index contributed by atoms with van der Waals surface area (Å²) < 4.78 is 12.5. The van der Waals surface area contributed by atoms with Gasteiger partial charge in [-0.3, -0.25) is 14.4 Å². The Labute approximate surface area is 234 Å². The zero-order valence-corrected chi connectivity index (χ0v) is 23.4. The first kappa shape index (κ1) is 27.9. The Morgan fingerprint density at radius 2 is 1.85 bits per heavy atom. The molecule has 1 N–H and O–H groups in total. The van der Waals surface area contributed by atoms with Gasteiger partial charge in [-0.05, 0) is 44.2 Å². The number of carbonyl (C=O) groups is 3. The van der Waals surface area contributed by atoms with Crippen molar-refractivity contribution in [2.45, 2.75) is 69.6 Å². The summed E-state index contributed by atoms with van der Waals surface area (Å²) in [5, 5.41) is 9.61. The Morgan fingerprint density at radius 3 is 2.59 bits per heavy atom. The smallest absolute Gasteiger partial charge is 0.313 e. The summed E-state index contributed by atoms with van der Waals surface area (Å²) in [5.74, 6) is -2.74. The topological polar surface area (TPSA) is 96.4 Å². The monoisotopic (exact) mass is 556 g/mol. The Balaban J connectivity index is 1.61. The predicted octanol–water partition coefficient (Wildman–Crippen LogP) is 3.97. The van der Waals surface area contributed by atoms with E-state index < -0.39 is 35.0 Å². The number of rotatable bonds is 8. The van der Waals surface area contributed by atoms with E-state index in [1.807, 2.05) is 50.3 Å². The van der Waals surface area contributed by atoms with Gasteiger partial charge >= 0.3 is 5.97 Å². The summed E-state index contributed by atoms with van der Waals surface area (Å²) in [6, 6.07) is 4.54. The van der Waals surface area contributed by atoms with Gasteiger partial charge in [0.2, 0.25) is 5.91 Å². The highest BCUT2D eigenvalue weighted by Gasteiger charge is 2.75. The molecule has 0 aliphatic carbocycles. The average Bonchev–Trinajstić information content (AvgIpc) is 3.25. The van der Waals surface area contributed by atoms with Crippen molar-refractivity contribution in [3.05, 3.63) is 53.1 Å². The highest BCUT2D eigenvalue weighted by atomic mass is 35.5. The Hall–Kier alpha value is -2.68. The zero-order valence-electron chi connectivity index (χ0n) is 22.6. The molecular weight excluding hydrogens is 520 g/mol. The number of hydrogen-bond acceptors (Lipinski definition) is 6. The molecule has 1 aromatic rings. The molecule has 1 unspecified atom stereocenters. The van der Waals surface area contributed by atoms with E-state index in [0.717, 1.165) is 18.4 Å². The van der Waals surface area contributed by atoms with Crippen LogP contribution in [0.2, 0.25) is 5.02 Å². The van der Waals surface area contributed by atoms with Crippen LogP contribution in [0.15, 0.2) is 42.5 Å². The average molecular weight is 557 g/mol. The molecule has 2 fully saturated rings. The normalized spacial score (nSPS) is 31.9. The second-order valence-electron chi connectivity index (χ2n) is 10.9. The summed E-state index contributed by atoms with van der Waals surface area (Å²) >= 11 is 6.61. The quantitative estimate of drug-likeness (QED) is 0.296. The number of unbranched alkanes of at least 4 members (excludes halogenated alkanes) is 3. The number of aliphatic hydroxyl groups excluding tert-OH is 1. The van der Waals surface area contributed by atoms with Crippen LogP contribution >= 0.6 is 11.6 Å². The number of ether oxygens (including phenoxy) is 2. The molecule has 210 valence electrons. The number of carbonyl (C=O) groups excluding carboxylic acids is 3. The molecule has 1 spiro atoms. The molecule has 39 heavy (non-hydrogen) atoms. The fourth-order valence-corrected chi connectivity index (χ4v) is 7.21. The fourth-order valence-electron chi connectivity index (χ4n) is 6.88. The Morgan fingerprint density at radius 1 is 1.05 bits per heavy atom. The first-order valence-corrected chi connectivity index (χ1v) is 14.4. The van der Waals surface area contributed by atoms with Crippen LogP contribution in [0.5, 0.6) is 0 Å². The molecule has 5 rings (SSSR count). The van der Waals surface area contributed by atoms with Crippen molar-refractivity contribution >= 4 is 35.1 Å². The Kier molecular flexibility index (Phi) is 7.91. The van der Waals surface area contributed by atoms with Crippen LogP contribution in [0.4, 0.5) is 5.69 Å². The number of para-hydroxylation sites is 1. The maximum atomic E-state index is 14.6. The van der Waals surface area contributed by atoms with Crippen LogP contribution in [-0.4, -0.2) is 71.3 Å². The van der Waals surface area contributed by atoms with Crippen molar-refractivity contribution < 1.29 is 29.0 Å². The number of halogens is 1. The molecular formula is C30H37ClN2O6. The number of benzene rings is 1. The van der Waals surface area contributed by atoms with E-state index in [1.165, 1.54) is 0 Å². The summed E-state index contributed by atoms with van der Waals surface area (Å²) in [5.41, 5.74) is -0.915. The molecule has 2 amide bonds. The van der Waals surface area contributed by atoms with Gasteiger partial charge in [-0.1, -0.05) is 67.8 Å². The van der Waals surface area contributed by atoms with Crippen molar-refractivity contribution in [3.63, 3.8) is 0 Å². The lowest BCUT2D eigenvalue weighted by Crippen LogP contribution is -2.56. The van der Waals surface area contributed by atoms with Gasteiger partial charge in [-0.2, -0.15) is 0 Å². The van der Waals surface area contributed by atoms with Gasteiger partial charge in [-0.25, -0.2) is 0 Å². The van der Waals surface area contributed by atoms with Crippen molar-refractivity contribution in [3.8, 4) is 0 Å². The van der Waals surface area contributed by atoms with Crippen LogP contribution in [0.25, 0.3) is 0 Å². The van der Waals surface area contributed by atoms with Crippen LogP contribution in [0, 0.1) is 18.8 Å². The number of nitrogens with zero attached hydrogens (tertiary/aromatic N) is 2. The van der Waals surface area contributed by atoms with Gasteiger partial charge in [-0.15, -0.1) is 0 Å². The van der Waals surface area contributed by atoms with Gasteiger partial charge in [0.1, 0.15) is 23.2 Å². The van der Waals surface area contributed by atoms with E-state index >= 15 is 0 Å². The number of fused-ring (bicyclic) bond motifs is 2. The largest absolute Gasteiger partial charge is 0.465 e. The molecule has 0 aromatic heterocycles. The number of anilines is 1. The van der Waals surface area contributed by atoms with Gasteiger partial charge in [0, 0.05) is 19.7 Å². The van der Waals surface area contributed by atoms with E-state index in [1.54, 1.807) is 15.9 Å². The lowest BCUT2D eigenvalue weighted by Gasteiger charge is -2.39. The van der Waals surface area contributed by atoms with Gasteiger partial charge in [0.05, 0.1) is 23.2 Å². The molecule has 1 aromatic carbocycles. The van der Waals surface area contributed by atoms with Crippen LogP contribution in [-0.2, 0) is 23.9 Å². The molecule has 4 aliphatic heterocycles. The number of aliphatic hydroxyl groups is 1. The number of aryl methyl sites for hydroxylation is 1. The third kappa shape index (κ3) is 4.50. The summed E-state index contributed by atoms with van der Waals surface area (Å²) in [6.45, 7) is 4.81. The highest BCUT2D eigenvalue weighted by molar-refractivity contribution is 6.34. The maximum absolute atomic E-state index is 14.6. The molecule has 4 aliphatic rings. The SMILES string of the molecule is CC[C@@]12C=CCCOC(=O)[C@@H]1[C@H]1C(=O)N(CCCCCCO)C3C(=O)N(c4c(C)cccc4Cl)CC=C[C@@]31O2. The van der Waals surface area contributed by atoms with E-state index in [-0.39, 0.29) is 31.6 Å². The van der Waals surface area contributed by atoms with Crippen LogP contribution < -0.4 is 4.90 Å². The van der Waals surface area contributed by atoms with Crippen molar-refractivity contribution in [2.24, 2.45) is 11.8 Å². The third-order valence-electron chi connectivity index (χ3n) is 8.67. The molecule has 0 saturated carbocycles. The summed E-state index contributed by atoms with van der Waals surface area (Å²) in [4.78, 5) is 45.6. The lowest BCUT2D eigenvalue weighted by atomic mass is 9.73. The first-order valence-electron chi connectivity index (χ1n) is 14.0. The molecule has 9 heteroatoms. The molecule has 8 nitrogen and oxygen atoms in total. The Bertz CT molecular complexity index is 1180. The number of amides is 2. The lowest BCUT2D eigenvalue weighted by molar-refractivity contribution is -0.160. The molecule has 2 saturated heterocycles. The van der Waals surface area contributed by atoms with Crippen LogP contribution in [0.3, 0.4) is 0 Å². The van der Waals surface area contributed by atoms with E-state index in [2.05, 4.69) is 0 Å². The minimum absolute atomic E-state index is 0.121. The van der Waals surface area contributed by atoms with Crippen molar-refractivity contribution in [1.82, 2.24) is 4.90 Å². The molecule has 0 bridgehead atoms. The maximum Gasteiger partial charge on any atom is 0.313 e. The highest BCUT2D eigenvalue weighted by Crippen LogP contribution is 2.58. The molecule has 0 radical (unpaired) electrons. The fraction of sp³-hybridized carbons (Fsp3) is 0.567. The van der Waals surface area contributed by atoms with Crippen LogP contribution in [0.1, 0.15) is 51.0 Å². The first-order chi connectivity index (χ1) is 18.8. The third-order valence-corrected chi connectivity index (χ3v) is 8.97. The number of esters is 1. The van der Waals surface area contributed by atoms with Gasteiger partial charge in [0.15, 0.2) is 0 Å². The standard InChI is InChI=1S/C30H37ClN2O6/c1-3-29-14-6-9-19-38-28(37)23(29)22-26(35)33(16-7-4-5-8-18-34)25-27(36)32(17-11-15-30(22,25)39-29)24-20(2)12-10-13-21(24)31/h6,10-15,22-23,25,34H,3-5,7-9,16-19H2,1-2H3/t22-,23-,25?,29+,30-/m0/s1. The molecule has 4 heterocycles. The van der Waals surface area contributed by atoms with Gasteiger partial charge < -0.3 is 24.4 Å². The van der Waals surface area contributed by atoms with Crippen molar-refractivity contribution in [1.29, 1.82) is 0 Å². The predicted molar refractivity (Wildman–Crippen MR) is 147 cm³/mol. The molecule has 5 atom stereocenters. The van der Waals surface area contributed by atoms with E-state index in [0.29, 0.717) is 42.9 Å². The van der Waals surface area contributed by atoms with Crippen molar-refractivity contribution in [2.75, 3.05) is 31.2 Å². The van der Waals surface area contributed by atoms with E-state index in [9.17, 15) is 14.4 Å². The number of hydrogen-bond donors (Lipinski definition) is 1. The minimum Gasteiger partial charge on any atom is -0.465 e. The second-order valence-corrected chi connectivity index (χ2v) is 11.3. The number of likely N-dealkylation sites (tertiary alicyclic amines) is 1. The zero-order chi connectivity index (χ0) is 27.8. The van der Waals surface area contributed by atoms with E-state index in [4.69, 9.17) is 26.2 Å².